The van der Waals surface area contributed by atoms with E-state index in [4.69, 9.17) is 4.74 Å². The number of hydrogen-bond acceptors (Lipinski definition) is 5. The lowest BCUT2D eigenvalue weighted by molar-refractivity contribution is -0.139. The molecule has 0 aliphatic heterocycles. The molecule has 1 N–H and O–H groups in total. The molecule has 0 aromatic heterocycles. The maximum atomic E-state index is 13.8. The van der Waals surface area contributed by atoms with Crippen molar-refractivity contribution in [2.24, 2.45) is 0 Å². The highest BCUT2D eigenvalue weighted by atomic mass is 32.2. The Morgan fingerprint density at radius 1 is 1.03 bits per heavy atom. The van der Waals surface area contributed by atoms with Crippen LogP contribution in [0.3, 0.4) is 0 Å². The van der Waals surface area contributed by atoms with E-state index >= 15 is 0 Å². The normalized spacial score (nSPS) is 11.9. The lowest BCUT2D eigenvalue weighted by Gasteiger charge is -2.32. The lowest BCUT2D eigenvalue weighted by atomic mass is 10.1. The number of hydrogen-bond donors (Lipinski definition) is 1. The molecule has 0 saturated heterocycles. The van der Waals surface area contributed by atoms with E-state index in [1.807, 2.05) is 13.8 Å². The summed E-state index contributed by atoms with van der Waals surface area (Å²) in [7, 11) is -2.72. The number of carbonyl (C=O) groups is 2. The molecule has 3 aromatic carbocycles. The van der Waals surface area contributed by atoms with Gasteiger partial charge in [0.2, 0.25) is 11.8 Å². The molecular formula is C29H34FN3O5S. The molecule has 0 heterocycles. The Labute approximate surface area is 229 Å². The minimum atomic E-state index is -4.18. The van der Waals surface area contributed by atoms with Gasteiger partial charge in [-0.15, -0.1) is 0 Å². The Morgan fingerprint density at radius 3 is 2.31 bits per heavy atom. The lowest BCUT2D eigenvalue weighted by Crippen LogP contribution is -2.51. The van der Waals surface area contributed by atoms with Crippen molar-refractivity contribution in [3.05, 3.63) is 89.7 Å². The minimum Gasteiger partial charge on any atom is -0.497 e. The van der Waals surface area contributed by atoms with E-state index in [9.17, 15) is 22.4 Å². The van der Waals surface area contributed by atoms with Gasteiger partial charge in [-0.05, 0) is 62.2 Å². The average molecular weight is 556 g/mol. The molecule has 208 valence electrons. The van der Waals surface area contributed by atoms with Crippen molar-refractivity contribution in [1.82, 2.24) is 10.2 Å². The Balaban J connectivity index is 2.03. The number of nitrogens with one attached hydrogen (secondary N) is 1. The maximum absolute atomic E-state index is 13.8. The van der Waals surface area contributed by atoms with Crippen LogP contribution in [0, 0.1) is 12.7 Å². The Kier molecular flexibility index (Phi) is 10.1. The van der Waals surface area contributed by atoms with Crippen LogP contribution in [0.2, 0.25) is 0 Å². The number of halogens is 1. The number of methoxy groups -OCH3 is 1. The molecule has 1 unspecified atom stereocenters. The number of rotatable bonds is 12. The molecule has 0 saturated carbocycles. The predicted molar refractivity (Wildman–Crippen MR) is 148 cm³/mol. The quantitative estimate of drug-likeness (QED) is 0.360. The molecule has 8 nitrogen and oxygen atoms in total. The zero-order valence-corrected chi connectivity index (χ0v) is 23.4. The summed E-state index contributed by atoms with van der Waals surface area (Å²) in [4.78, 5) is 28.0. The SMILES string of the molecule is CCCNC(=O)C(C)N(Cc1ccc(F)cc1)C(=O)CN(c1cccc(OC)c1)S(=O)(=O)c1ccc(C)cc1. The number of aryl methyl sites for hydroxylation is 1. The molecule has 39 heavy (non-hydrogen) atoms. The first-order valence-electron chi connectivity index (χ1n) is 12.6. The van der Waals surface area contributed by atoms with E-state index in [-0.39, 0.29) is 23.0 Å². The summed E-state index contributed by atoms with van der Waals surface area (Å²) < 4.78 is 47.5. The van der Waals surface area contributed by atoms with Crippen LogP contribution in [0.5, 0.6) is 5.75 Å². The standard InChI is InChI=1S/C29H34FN3O5S/c1-5-17-31-29(35)22(3)32(19-23-11-13-24(30)14-12-23)28(34)20-33(25-7-6-8-26(18-25)38-4)39(36,37)27-15-9-21(2)10-16-27/h6-16,18,22H,5,17,19-20H2,1-4H3,(H,31,35). The van der Waals surface area contributed by atoms with Gasteiger partial charge < -0.3 is 15.0 Å². The number of ether oxygens (including phenoxy) is 1. The van der Waals surface area contributed by atoms with Crippen molar-refractivity contribution < 1.29 is 27.1 Å². The zero-order chi connectivity index (χ0) is 28.6. The van der Waals surface area contributed by atoms with Crippen LogP contribution in [0.4, 0.5) is 10.1 Å². The number of sulfonamides is 1. The molecule has 2 amide bonds. The number of anilines is 1. The van der Waals surface area contributed by atoms with Gasteiger partial charge >= 0.3 is 0 Å². The molecule has 1 atom stereocenters. The summed E-state index contributed by atoms with van der Waals surface area (Å²) in [5, 5.41) is 2.78. The highest BCUT2D eigenvalue weighted by Gasteiger charge is 2.32. The second-order valence-corrected chi connectivity index (χ2v) is 11.0. The summed E-state index contributed by atoms with van der Waals surface area (Å²) in [5.41, 5.74) is 1.71. The third-order valence-corrected chi connectivity index (χ3v) is 8.00. The molecule has 0 aliphatic rings. The highest BCUT2D eigenvalue weighted by Crippen LogP contribution is 2.28. The summed E-state index contributed by atoms with van der Waals surface area (Å²) >= 11 is 0. The Bertz CT molecular complexity index is 1380. The first kappa shape index (κ1) is 29.6. The summed E-state index contributed by atoms with van der Waals surface area (Å²) in [6.45, 7) is 5.18. The smallest absolute Gasteiger partial charge is 0.264 e. The Morgan fingerprint density at radius 2 is 1.69 bits per heavy atom. The monoisotopic (exact) mass is 555 g/mol. The second kappa shape index (κ2) is 13.2. The van der Waals surface area contributed by atoms with Gasteiger partial charge in [-0.2, -0.15) is 0 Å². The van der Waals surface area contributed by atoms with Crippen molar-refractivity contribution in [3.63, 3.8) is 0 Å². The molecule has 10 heteroatoms. The molecule has 3 aromatic rings. The third-order valence-electron chi connectivity index (χ3n) is 6.21. The van der Waals surface area contributed by atoms with Crippen molar-refractivity contribution in [2.45, 2.75) is 44.7 Å². The Hall–Kier alpha value is -3.92. The first-order valence-corrected chi connectivity index (χ1v) is 14.1. The maximum Gasteiger partial charge on any atom is 0.264 e. The highest BCUT2D eigenvalue weighted by molar-refractivity contribution is 7.92. The summed E-state index contributed by atoms with van der Waals surface area (Å²) in [6, 6.07) is 17.4. The van der Waals surface area contributed by atoms with Gasteiger partial charge in [0.15, 0.2) is 0 Å². The second-order valence-electron chi connectivity index (χ2n) is 9.14. The van der Waals surface area contributed by atoms with Gasteiger partial charge in [0, 0.05) is 19.2 Å². The van der Waals surface area contributed by atoms with E-state index in [1.165, 1.54) is 54.5 Å². The van der Waals surface area contributed by atoms with Gasteiger partial charge in [0.25, 0.3) is 10.0 Å². The predicted octanol–water partition coefficient (Wildman–Crippen LogP) is 4.28. The molecule has 3 rings (SSSR count). The van der Waals surface area contributed by atoms with E-state index in [1.54, 1.807) is 37.3 Å². The fourth-order valence-electron chi connectivity index (χ4n) is 3.90. The van der Waals surface area contributed by atoms with Gasteiger partial charge in [-0.3, -0.25) is 13.9 Å². The van der Waals surface area contributed by atoms with Crippen molar-refractivity contribution >= 4 is 27.5 Å². The van der Waals surface area contributed by atoms with Crippen molar-refractivity contribution in [1.29, 1.82) is 0 Å². The molecular weight excluding hydrogens is 521 g/mol. The number of carbonyl (C=O) groups excluding carboxylic acids is 2. The molecule has 0 spiro atoms. The first-order chi connectivity index (χ1) is 18.6. The van der Waals surface area contributed by atoms with Crippen LogP contribution in [-0.2, 0) is 26.2 Å². The van der Waals surface area contributed by atoms with E-state index < -0.39 is 34.3 Å². The number of amides is 2. The van der Waals surface area contributed by atoms with Crippen LogP contribution in [0.25, 0.3) is 0 Å². The van der Waals surface area contributed by atoms with Crippen molar-refractivity contribution in [2.75, 3.05) is 24.5 Å². The van der Waals surface area contributed by atoms with Crippen LogP contribution < -0.4 is 14.4 Å². The summed E-state index contributed by atoms with van der Waals surface area (Å²) in [6.07, 6.45) is 0.711. The van der Waals surface area contributed by atoms with Crippen LogP contribution >= 0.6 is 0 Å². The minimum absolute atomic E-state index is 0.0162. The fraction of sp³-hybridized carbons (Fsp3) is 0.310. The number of benzene rings is 3. The van der Waals surface area contributed by atoms with Crippen molar-refractivity contribution in [3.8, 4) is 5.75 Å². The van der Waals surface area contributed by atoms with E-state index in [0.717, 1.165) is 9.87 Å². The van der Waals surface area contributed by atoms with Gasteiger partial charge in [-0.25, -0.2) is 12.8 Å². The van der Waals surface area contributed by atoms with E-state index in [2.05, 4.69) is 5.32 Å². The van der Waals surface area contributed by atoms with Gasteiger partial charge in [0.05, 0.1) is 17.7 Å². The fourth-order valence-corrected chi connectivity index (χ4v) is 5.30. The van der Waals surface area contributed by atoms with Gasteiger partial charge in [-0.1, -0.05) is 42.8 Å². The zero-order valence-electron chi connectivity index (χ0n) is 22.6. The van der Waals surface area contributed by atoms with Crippen LogP contribution in [0.15, 0.2) is 77.7 Å². The van der Waals surface area contributed by atoms with Gasteiger partial charge in [0.1, 0.15) is 24.2 Å². The molecule has 0 bridgehead atoms. The van der Waals surface area contributed by atoms with E-state index in [0.29, 0.717) is 24.3 Å². The molecule has 0 fully saturated rings. The van der Waals surface area contributed by atoms with Crippen LogP contribution in [-0.4, -0.2) is 51.4 Å². The largest absolute Gasteiger partial charge is 0.497 e. The summed E-state index contributed by atoms with van der Waals surface area (Å²) in [5.74, 6) is -0.989. The topological polar surface area (TPSA) is 96.0 Å². The molecule has 0 aliphatic carbocycles. The third kappa shape index (κ3) is 7.57. The number of nitrogens with zero attached hydrogens (tertiary/aromatic N) is 2. The van der Waals surface area contributed by atoms with Crippen LogP contribution in [0.1, 0.15) is 31.4 Å². The average Bonchev–Trinajstić information content (AvgIpc) is 2.93. The molecule has 0 radical (unpaired) electrons.